The molecular formula is C42H73N5O6. The molecule has 0 aliphatic carbocycles. The summed E-state index contributed by atoms with van der Waals surface area (Å²) in [5.74, 6) is -1.33. The van der Waals surface area contributed by atoms with E-state index in [1.165, 1.54) is 96.3 Å². The van der Waals surface area contributed by atoms with Gasteiger partial charge in [-0.3, -0.25) is 19.2 Å². The fourth-order valence-corrected chi connectivity index (χ4v) is 5.99. The Hall–Kier alpha value is -3.63. The minimum atomic E-state index is -0.856. The molecule has 0 aliphatic heterocycles. The predicted octanol–water partition coefficient (Wildman–Crippen LogP) is 7.76. The van der Waals surface area contributed by atoms with E-state index >= 15 is 0 Å². The minimum Gasteiger partial charge on any atom is -0.445 e. The van der Waals surface area contributed by atoms with E-state index < -0.39 is 23.9 Å². The van der Waals surface area contributed by atoms with Gasteiger partial charge in [-0.05, 0) is 24.8 Å². The van der Waals surface area contributed by atoms with E-state index in [-0.39, 0.29) is 50.8 Å². The van der Waals surface area contributed by atoms with Crippen LogP contribution in [0, 0.1) is 0 Å². The molecule has 1 rings (SSSR count). The summed E-state index contributed by atoms with van der Waals surface area (Å²) in [5.41, 5.74) is 0.828. The molecule has 0 unspecified atom stereocenters. The summed E-state index contributed by atoms with van der Waals surface area (Å²) in [6.07, 6.45) is 23.8. The van der Waals surface area contributed by atoms with Crippen LogP contribution in [0.25, 0.3) is 0 Å². The number of rotatable bonds is 34. The van der Waals surface area contributed by atoms with Crippen LogP contribution in [0.15, 0.2) is 30.3 Å². The zero-order chi connectivity index (χ0) is 38.6. The van der Waals surface area contributed by atoms with Gasteiger partial charge in [-0.2, -0.15) is 0 Å². The van der Waals surface area contributed by atoms with Crippen LogP contribution in [-0.4, -0.2) is 61.9 Å². The molecule has 1 aromatic carbocycles. The normalized spacial score (nSPS) is 11.4. The van der Waals surface area contributed by atoms with Crippen molar-refractivity contribution in [3.05, 3.63) is 35.9 Å². The average molecular weight is 744 g/mol. The first-order chi connectivity index (χ1) is 25.8. The Morgan fingerprint density at radius 3 is 1.57 bits per heavy atom. The third-order valence-corrected chi connectivity index (χ3v) is 9.27. The Balaban J connectivity index is 2.39. The Kier molecular flexibility index (Phi) is 30.5. The Bertz CT molecular complexity index is 1100. The van der Waals surface area contributed by atoms with Gasteiger partial charge in [-0.25, -0.2) is 4.79 Å². The van der Waals surface area contributed by atoms with Crippen LogP contribution in [-0.2, 0) is 30.5 Å². The van der Waals surface area contributed by atoms with Gasteiger partial charge in [0.1, 0.15) is 12.6 Å². The average Bonchev–Trinajstić information content (AvgIpc) is 3.16. The van der Waals surface area contributed by atoms with Crippen LogP contribution in [0.3, 0.4) is 0 Å². The Morgan fingerprint density at radius 1 is 0.528 bits per heavy atom. The Labute approximate surface area is 320 Å². The zero-order valence-corrected chi connectivity index (χ0v) is 33.2. The second-order valence-electron chi connectivity index (χ2n) is 14.2. The van der Waals surface area contributed by atoms with Gasteiger partial charge >= 0.3 is 6.09 Å². The van der Waals surface area contributed by atoms with E-state index in [1.807, 2.05) is 30.3 Å². The molecule has 0 fully saturated rings. The second kappa shape index (κ2) is 34.2. The first-order valence-electron chi connectivity index (χ1n) is 20.9. The molecular weight excluding hydrogens is 670 g/mol. The number of nitrogens with one attached hydrogen (secondary N) is 5. The largest absolute Gasteiger partial charge is 0.445 e. The molecule has 5 amide bonds. The third kappa shape index (κ3) is 29.5. The highest BCUT2D eigenvalue weighted by atomic mass is 16.5. The zero-order valence-electron chi connectivity index (χ0n) is 33.2. The van der Waals surface area contributed by atoms with E-state index in [0.717, 1.165) is 37.7 Å². The number of amides is 5. The van der Waals surface area contributed by atoms with Crippen LogP contribution in [0.2, 0.25) is 0 Å². The third-order valence-electron chi connectivity index (χ3n) is 9.27. The number of carbonyl (C=O) groups excluding carboxylic acids is 5. The monoisotopic (exact) mass is 744 g/mol. The highest BCUT2D eigenvalue weighted by Crippen LogP contribution is 2.12. The highest BCUT2D eigenvalue weighted by molar-refractivity contribution is 5.88. The van der Waals surface area contributed by atoms with Gasteiger partial charge in [-0.1, -0.05) is 160 Å². The number of unbranched alkanes of at least 4 members (excludes halogenated alkanes) is 18. The molecule has 0 spiro atoms. The lowest BCUT2D eigenvalue weighted by Crippen LogP contribution is -2.48. The van der Waals surface area contributed by atoms with E-state index in [1.54, 1.807) is 0 Å². The maximum atomic E-state index is 13.1. The van der Waals surface area contributed by atoms with Crippen LogP contribution >= 0.6 is 0 Å². The lowest BCUT2D eigenvalue weighted by Gasteiger charge is -2.19. The molecule has 0 bridgehead atoms. The molecule has 5 N–H and O–H groups in total. The van der Waals surface area contributed by atoms with Gasteiger partial charge < -0.3 is 31.3 Å². The minimum absolute atomic E-state index is 0.0255. The van der Waals surface area contributed by atoms with Crippen molar-refractivity contribution in [1.82, 2.24) is 26.6 Å². The highest BCUT2D eigenvalue weighted by Gasteiger charge is 2.21. The first-order valence-corrected chi connectivity index (χ1v) is 20.9. The van der Waals surface area contributed by atoms with Crippen LogP contribution < -0.4 is 26.6 Å². The van der Waals surface area contributed by atoms with Crippen molar-refractivity contribution in [2.24, 2.45) is 0 Å². The van der Waals surface area contributed by atoms with E-state index in [4.69, 9.17) is 4.74 Å². The van der Waals surface area contributed by atoms with Gasteiger partial charge in [0, 0.05) is 32.5 Å². The molecule has 0 aromatic heterocycles. The summed E-state index contributed by atoms with van der Waals surface area (Å²) < 4.78 is 5.10. The van der Waals surface area contributed by atoms with Crippen molar-refractivity contribution >= 4 is 29.7 Å². The van der Waals surface area contributed by atoms with Gasteiger partial charge in [0.15, 0.2) is 0 Å². The summed E-state index contributed by atoms with van der Waals surface area (Å²) in [5, 5.41) is 13.6. The van der Waals surface area contributed by atoms with Gasteiger partial charge in [0.25, 0.3) is 0 Å². The lowest BCUT2D eigenvalue weighted by atomic mass is 10.1. The van der Waals surface area contributed by atoms with Gasteiger partial charge in [-0.15, -0.1) is 0 Å². The summed E-state index contributed by atoms with van der Waals surface area (Å²) >= 11 is 0. The smallest absolute Gasteiger partial charge is 0.407 e. The van der Waals surface area contributed by atoms with Crippen LogP contribution in [0.4, 0.5) is 4.79 Å². The van der Waals surface area contributed by atoms with Gasteiger partial charge in [0.2, 0.25) is 23.6 Å². The maximum Gasteiger partial charge on any atom is 0.407 e. The van der Waals surface area contributed by atoms with Crippen molar-refractivity contribution in [1.29, 1.82) is 0 Å². The van der Waals surface area contributed by atoms with Crippen LogP contribution in [0.5, 0.6) is 0 Å². The number of carbonyl (C=O) groups is 5. The van der Waals surface area contributed by atoms with E-state index in [2.05, 4.69) is 40.4 Å². The van der Waals surface area contributed by atoms with E-state index in [0.29, 0.717) is 13.1 Å². The molecule has 0 saturated heterocycles. The van der Waals surface area contributed by atoms with Crippen molar-refractivity contribution in [3.8, 4) is 0 Å². The number of hydrogen-bond donors (Lipinski definition) is 5. The molecule has 0 heterocycles. The molecule has 11 nitrogen and oxygen atoms in total. The summed E-state index contributed by atoms with van der Waals surface area (Å²) in [7, 11) is 0. The van der Waals surface area contributed by atoms with Crippen molar-refractivity contribution < 1.29 is 28.7 Å². The van der Waals surface area contributed by atoms with Crippen LogP contribution in [0.1, 0.15) is 167 Å². The fourth-order valence-electron chi connectivity index (χ4n) is 5.99. The molecule has 11 heteroatoms. The molecule has 0 radical (unpaired) electrons. The number of alkyl carbamates (subject to hydrolysis) is 1. The van der Waals surface area contributed by atoms with E-state index in [9.17, 15) is 24.0 Å². The summed E-state index contributed by atoms with van der Waals surface area (Å²) in [6.45, 7) is 5.40. The standard InChI is InChI=1S/C42H73N5O6/c1-3-5-7-9-11-13-15-17-19-24-31-43-38(48)29-28-37(41(51)45-32-25-20-18-16-14-12-10-8-6-4-2)47-39(49)30-33-44-40(50)34-46-42(52)53-35-36-26-22-21-23-27-36/h21-23,26-27,37H,3-20,24-25,28-35H2,1-2H3,(H,43,48)(H,44,50)(H,45,51)(H,46,52)(H,47,49)/t37-/m0/s1. The summed E-state index contributed by atoms with van der Waals surface area (Å²) in [6, 6.07) is 8.34. The fraction of sp³-hybridized carbons (Fsp3) is 0.738. The Morgan fingerprint density at radius 2 is 1.02 bits per heavy atom. The SMILES string of the molecule is CCCCCCCCCCCCNC(=O)CC[C@H](NC(=O)CCNC(=O)CNC(=O)OCc1ccccc1)C(=O)NCCCCCCCCCCCC. The molecule has 0 aliphatic rings. The molecule has 53 heavy (non-hydrogen) atoms. The molecule has 1 aromatic rings. The quantitative estimate of drug-likeness (QED) is 0.0455. The number of ether oxygens (including phenoxy) is 1. The second-order valence-corrected chi connectivity index (χ2v) is 14.2. The number of hydrogen-bond acceptors (Lipinski definition) is 6. The van der Waals surface area contributed by atoms with Gasteiger partial charge in [0.05, 0.1) is 6.54 Å². The molecule has 1 atom stereocenters. The maximum absolute atomic E-state index is 13.1. The lowest BCUT2D eigenvalue weighted by molar-refractivity contribution is -0.130. The molecule has 0 saturated carbocycles. The summed E-state index contributed by atoms with van der Waals surface area (Å²) in [4.78, 5) is 62.6. The topological polar surface area (TPSA) is 155 Å². The molecule has 302 valence electrons. The first kappa shape index (κ1) is 47.4. The number of benzene rings is 1. The van der Waals surface area contributed by atoms with Crippen molar-refractivity contribution in [2.45, 2.75) is 174 Å². The van der Waals surface area contributed by atoms with Crippen molar-refractivity contribution in [3.63, 3.8) is 0 Å². The predicted molar refractivity (Wildman–Crippen MR) is 213 cm³/mol. The van der Waals surface area contributed by atoms with Crippen molar-refractivity contribution in [2.75, 3.05) is 26.2 Å².